The van der Waals surface area contributed by atoms with Crippen molar-refractivity contribution < 1.29 is 24.3 Å². The van der Waals surface area contributed by atoms with Crippen LogP contribution in [0, 0.1) is 0 Å². The summed E-state index contributed by atoms with van der Waals surface area (Å²) < 4.78 is 0. The van der Waals surface area contributed by atoms with E-state index in [0.29, 0.717) is 38.8 Å². The molecule has 2 heterocycles. The van der Waals surface area contributed by atoms with E-state index in [1.54, 1.807) is 0 Å². The summed E-state index contributed by atoms with van der Waals surface area (Å²) in [4.78, 5) is 52.7. The highest BCUT2D eigenvalue weighted by molar-refractivity contribution is 5.94. The lowest BCUT2D eigenvalue weighted by Crippen LogP contribution is -2.56. The summed E-state index contributed by atoms with van der Waals surface area (Å²) in [6.45, 7) is 0.533. The third kappa shape index (κ3) is 4.79. The smallest absolute Gasteiger partial charge is 0.326 e. The summed E-state index contributed by atoms with van der Waals surface area (Å²) in [6.07, 6.45) is 2.47. The zero-order valence-corrected chi connectivity index (χ0v) is 16.8. The van der Waals surface area contributed by atoms with Crippen LogP contribution in [-0.2, 0) is 25.6 Å². The highest BCUT2D eigenvalue weighted by Crippen LogP contribution is 2.26. The van der Waals surface area contributed by atoms with Gasteiger partial charge in [-0.25, -0.2) is 4.79 Å². The minimum absolute atomic E-state index is 0.241. The first kappa shape index (κ1) is 21.8. The second-order valence-corrected chi connectivity index (χ2v) is 7.73. The highest BCUT2D eigenvalue weighted by Gasteiger charge is 2.43. The van der Waals surface area contributed by atoms with Gasteiger partial charge in [0, 0.05) is 19.5 Å². The lowest BCUT2D eigenvalue weighted by molar-refractivity contribution is -0.152. The molecule has 0 radical (unpaired) electrons. The van der Waals surface area contributed by atoms with Crippen LogP contribution in [0.2, 0.25) is 0 Å². The molecule has 3 rings (SSSR count). The molecule has 0 bridgehead atoms. The first-order valence-electron chi connectivity index (χ1n) is 10.3. The maximum Gasteiger partial charge on any atom is 0.326 e. The van der Waals surface area contributed by atoms with Gasteiger partial charge in [0.1, 0.15) is 18.1 Å². The number of carbonyl (C=O) groups is 4. The minimum Gasteiger partial charge on any atom is -0.480 e. The maximum atomic E-state index is 13.3. The molecule has 9 heteroatoms. The van der Waals surface area contributed by atoms with Crippen LogP contribution in [0.4, 0.5) is 0 Å². The van der Waals surface area contributed by atoms with Gasteiger partial charge in [-0.3, -0.25) is 14.4 Å². The summed E-state index contributed by atoms with van der Waals surface area (Å²) in [5.74, 6) is -2.14. The Morgan fingerprint density at radius 1 is 1.03 bits per heavy atom. The summed E-state index contributed by atoms with van der Waals surface area (Å²) in [5, 5.41) is 12.1. The summed E-state index contributed by atoms with van der Waals surface area (Å²) in [7, 11) is 0. The van der Waals surface area contributed by atoms with E-state index in [1.807, 2.05) is 30.3 Å². The predicted octanol–water partition coefficient (Wildman–Crippen LogP) is -0.261. The van der Waals surface area contributed by atoms with E-state index in [0.717, 1.165) is 5.56 Å². The van der Waals surface area contributed by atoms with Crippen molar-refractivity contribution in [2.75, 3.05) is 19.6 Å². The Morgan fingerprint density at radius 2 is 1.67 bits per heavy atom. The molecule has 3 unspecified atom stereocenters. The van der Waals surface area contributed by atoms with Crippen LogP contribution in [0.15, 0.2) is 30.3 Å². The maximum absolute atomic E-state index is 13.3. The number of nitrogens with one attached hydrogen (secondary N) is 1. The number of hydrogen-bond acceptors (Lipinski definition) is 5. The van der Waals surface area contributed by atoms with Gasteiger partial charge < -0.3 is 26.0 Å². The van der Waals surface area contributed by atoms with Crippen molar-refractivity contribution in [1.29, 1.82) is 0 Å². The van der Waals surface area contributed by atoms with Crippen molar-refractivity contribution in [2.45, 2.75) is 50.2 Å². The van der Waals surface area contributed by atoms with Crippen LogP contribution in [0.25, 0.3) is 0 Å². The zero-order valence-electron chi connectivity index (χ0n) is 16.8. The fraction of sp³-hybridized carbons (Fsp3) is 0.524. The molecule has 0 saturated carbocycles. The Kier molecular flexibility index (Phi) is 7.04. The van der Waals surface area contributed by atoms with Crippen LogP contribution in [-0.4, -0.2) is 76.4 Å². The van der Waals surface area contributed by atoms with E-state index >= 15 is 0 Å². The molecule has 162 valence electrons. The number of nitrogens with zero attached hydrogens (tertiary/aromatic N) is 2. The number of carboxylic acid groups (broad SMARTS) is 1. The molecule has 3 amide bonds. The van der Waals surface area contributed by atoms with Crippen molar-refractivity contribution in [3.05, 3.63) is 35.9 Å². The molecular weight excluding hydrogens is 388 g/mol. The summed E-state index contributed by atoms with van der Waals surface area (Å²) in [5.41, 5.74) is 6.29. The number of carboxylic acids is 1. The van der Waals surface area contributed by atoms with E-state index in [2.05, 4.69) is 5.32 Å². The van der Waals surface area contributed by atoms with Gasteiger partial charge in [-0.15, -0.1) is 0 Å². The first-order valence-corrected chi connectivity index (χ1v) is 10.3. The van der Waals surface area contributed by atoms with Gasteiger partial charge in [0.2, 0.25) is 17.7 Å². The lowest BCUT2D eigenvalue weighted by Gasteiger charge is -2.32. The quantitative estimate of drug-likeness (QED) is 0.561. The Labute approximate surface area is 175 Å². The number of benzene rings is 1. The van der Waals surface area contributed by atoms with E-state index in [4.69, 9.17) is 5.73 Å². The monoisotopic (exact) mass is 416 g/mol. The topological polar surface area (TPSA) is 133 Å². The molecule has 30 heavy (non-hydrogen) atoms. The average Bonchev–Trinajstić information content (AvgIpc) is 3.42. The normalized spacial score (nSPS) is 22.0. The Morgan fingerprint density at radius 3 is 2.30 bits per heavy atom. The molecule has 0 aromatic heterocycles. The Hall–Kier alpha value is -2.94. The Balaban J connectivity index is 1.77. The van der Waals surface area contributed by atoms with Gasteiger partial charge in [-0.2, -0.15) is 0 Å². The van der Waals surface area contributed by atoms with Crippen LogP contribution in [0.3, 0.4) is 0 Å². The Bertz CT molecular complexity index is 800. The number of aliphatic carboxylic acids is 1. The van der Waals surface area contributed by atoms with Crippen LogP contribution < -0.4 is 11.1 Å². The number of nitrogens with two attached hydrogens (primary N) is 1. The highest BCUT2D eigenvalue weighted by atomic mass is 16.4. The molecule has 0 aliphatic carbocycles. The van der Waals surface area contributed by atoms with E-state index in [-0.39, 0.29) is 24.8 Å². The van der Waals surface area contributed by atoms with Crippen molar-refractivity contribution in [3.63, 3.8) is 0 Å². The van der Waals surface area contributed by atoms with E-state index in [9.17, 15) is 24.3 Å². The van der Waals surface area contributed by atoms with Gasteiger partial charge in [0.15, 0.2) is 0 Å². The molecule has 3 atom stereocenters. The molecule has 2 aliphatic rings. The fourth-order valence-corrected chi connectivity index (χ4v) is 4.27. The third-order valence-electron chi connectivity index (χ3n) is 5.74. The van der Waals surface area contributed by atoms with Gasteiger partial charge in [-0.1, -0.05) is 30.3 Å². The molecular formula is C21H28N4O5. The first-order chi connectivity index (χ1) is 14.4. The average molecular weight is 416 g/mol. The summed E-state index contributed by atoms with van der Waals surface area (Å²) in [6, 6.07) is 6.91. The lowest BCUT2D eigenvalue weighted by atomic mass is 10.0. The van der Waals surface area contributed by atoms with Gasteiger partial charge in [0.05, 0.1) is 6.54 Å². The van der Waals surface area contributed by atoms with Crippen molar-refractivity contribution in [1.82, 2.24) is 15.1 Å². The van der Waals surface area contributed by atoms with Gasteiger partial charge >= 0.3 is 5.97 Å². The summed E-state index contributed by atoms with van der Waals surface area (Å²) >= 11 is 0. The number of hydrogen-bond donors (Lipinski definition) is 3. The third-order valence-corrected chi connectivity index (χ3v) is 5.74. The van der Waals surface area contributed by atoms with Crippen LogP contribution in [0.5, 0.6) is 0 Å². The minimum atomic E-state index is -1.02. The molecule has 4 N–H and O–H groups in total. The number of rotatable bonds is 7. The molecule has 1 aromatic rings. The molecule has 0 spiro atoms. The van der Waals surface area contributed by atoms with Crippen molar-refractivity contribution in [3.8, 4) is 0 Å². The van der Waals surface area contributed by atoms with Crippen LogP contribution in [0.1, 0.15) is 31.2 Å². The molecule has 2 fully saturated rings. The van der Waals surface area contributed by atoms with Crippen LogP contribution >= 0.6 is 0 Å². The van der Waals surface area contributed by atoms with Crippen molar-refractivity contribution in [2.24, 2.45) is 5.73 Å². The van der Waals surface area contributed by atoms with E-state index in [1.165, 1.54) is 9.80 Å². The van der Waals surface area contributed by atoms with Gasteiger partial charge in [0.25, 0.3) is 0 Å². The second kappa shape index (κ2) is 9.71. The molecule has 1 aromatic carbocycles. The SMILES string of the molecule is NCC(=O)NC(Cc1ccccc1)C(=O)N1CCCC1C(=O)N1CCCC1C(=O)O. The van der Waals surface area contributed by atoms with E-state index < -0.39 is 30.0 Å². The van der Waals surface area contributed by atoms with Gasteiger partial charge in [-0.05, 0) is 31.2 Å². The zero-order chi connectivity index (χ0) is 21.7. The standard InChI is InChI=1S/C21H28N4O5/c22-13-18(26)23-15(12-14-6-2-1-3-7-14)19(27)24-10-4-8-16(24)20(28)25-11-5-9-17(25)21(29)30/h1-3,6-7,15-17H,4-5,8-13,22H2,(H,23,26)(H,29,30). The number of carbonyl (C=O) groups excluding carboxylic acids is 3. The molecule has 2 aliphatic heterocycles. The van der Waals surface area contributed by atoms with Crippen molar-refractivity contribution >= 4 is 23.7 Å². The molecule has 9 nitrogen and oxygen atoms in total. The predicted molar refractivity (Wildman–Crippen MR) is 108 cm³/mol. The fourth-order valence-electron chi connectivity index (χ4n) is 4.27. The number of amides is 3. The largest absolute Gasteiger partial charge is 0.480 e. The second-order valence-electron chi connectivity index (χ2n) is 7.73. The molecule has 2 saturated heterocycles. The number of likely N-dealkylation sites (tertiary alicyclic amines) is 2.